The van der Waals surface area contributed by atoms with E-state index in [1.807, 2.05) is 13.8 Å². The molecule has 0 fully saturated rings. The van der Waals surface area contributed by atoms with Crippen LogP contribution in [-0.4, -0.2) is 73.5 Å². The maximum absolute atomic E-state index is 13.3. The van der Waals surface area contributed by atoms with Gasteiger partial charge < -0.3 is 24.6 Å². The first-order valence-corrected chi connectivity index (χ1v) is 11.5. The van der Waals surface area contributed by atoms with E-state index in [2.05, 4.69) is 5.32 Å². The zero-order chi connectivity index (χ0) is 25.7. The van der Waals surface area contributed by atoms with Crippen molar-refractivity contribution in [2.24, 2.45) is 5.92 Å². The highest BCUT2D eigenvalue weighted by Crippen LogP contribution is 2.27. The zero-order valence-electron chi connectivity index (χ0n) is 20.7. The van der Waals surface area contributed by atoms with Crippen molar-refractivity contribution >= 4 is 23.4 Å². The number of carbonyl (C=O) groups is 3. The lowest BCUT2D eigenvalue weighted by atomic mass is 10.0. The van der Waals surface area contributed by atoms with Crippen LogP contribution in [0.2, 0.25) is 0 Å². The van der Waals surface area contributed by atoms with Gasteiger partial charge in [0.15, 0.2) is 0 Å². The van der Waals surface area contributed by atoms with Crippen molar-refractivity contribution in [1.29, 1.82) is 0 Å². The van der Waals surface area contributed by atoms with Gasteiger partial charge in [-0.3, -0.25) is 14.4 Å². The molecule has 0 radical (unpaired) electrons. The van der Waals surface area contributed by atoms with E-state index >= 15 is 0 Å². The summed E-state index contributed by atoms with van der Waals surface area (Å²) >= 11 is 0. The number of anilines is 1. The monoisotopic (exact) mass is 485 g/mol. The largest absolute Gasteiger partial charge is 0.491 e. The van der Waals surface area contributed by atoms with Crippen LogP contribution in [0.15, 0.2) is 42.5 Å². The number of ether oxygens (including phenoxy) is 2. The summed E-state index contributed by atoms with van der Waals surface area (Å²) in [5.74, 6) is -0.904. The normalized spacial score (nSPS) is 21.3. The number of hydrogen-bond acceptors (Lipinski definition) is 5. The van der Waals surface area contributed by atoms with Gasteiger partial charge in [0.1, 0.15) is 18.2 Å². The molecule has 35 heavy (non-hydrogen) atoms. The average Bonchev–Trinajstić information content (AvgIpc) is 2.83. The fourth-order valence-electron chi connectivity index (χ4n) is 4.09. The van der Waals surface area contributed by atoms with E-state index in [4.69, 9.17) is 9.47 Å². The van der Waals surface area contributed by atoms with Crippen LogP contribution in [0, 0.1) is 11.7 Å². The van der Waals surface area contributed by atoms with Gasteiger partial charge in [0, 0.05) is 57.4 Å². The highest BCUT2D eigenvalue weighted by Gasteiger charge is 2.29. The van der Waals surface area contributed by atoms with Crippen LogP contribution < -0.4 is 10.1 Å². The lowest BCUT2D eigenvalue weighted by Crippen LogP contribution is -2.48. The van der Waals surface area contributed by atoms with Crippen molar-refractivity contribution in [2.45, 2.75) is 32.9 Å². The number of nitrogens with zero attached hydrogens (tertiary/aromatic N) is 2. The Morgan fingerprint density at radius 3 is 2.43 bits per heavy atom. The van der Waals surface area contributed by atoms with Crippen LogP contribution in [-0.2, 0) is 9.53 Å². The first-order valence-electron chi connectivity index (χ1n) is 11.5. The van der Waals surface area contributed by atoms with Crippen LogP contribution in [0.4, 0.5) is 10.1 Å². The van der Waals surface area contributed by atoms with Crippen LogP contribution in [0.1, 0.15) is 41.5 Å². The number of benzene rings is 2. The van der Waals surface area contributed by atoms with E-state index in [1.165, 1.54) is 31.2 Å². The number of nitrogens with one attached hydrogen (secondary N) is 1. The van der Waals surface area contributed by atoms with Gasteiger partial charge in [-0.2, -0.15) is 0 Å². The number of likely N-dealkylation sites (N-methyl/N-ethyl adjacent to an activating group) is 1. The fourth-order valence-corrected chi connectivity index (χ4v) is 4.09. The van der Waals surface area contributed by atoms with E-state index < -0.39 is 11.7 Å². The maximum atomic E-state index is 13.3. The molecule has 2 aromatic carbocycles. The first kappa shape index (κ1) is 26.2. The summed E-state index contributed by atoms with van der Waals surface area (Å²) < 4.78 is 24.9. The Hall–Kier alpha value is -3.46. The molecule has 0 bridgehead atoms. The number of carbonyl (C=O) groups excluding carboxylic acids is 3. The standard InChI is InChI=1S/C26H32FN3O5/c1-16-13-30(18(3)31)17(2)15-35-23-12-21(28-25(32)19-6-8-20(27)9-7-19)10-11-22(23)26(33)29(4)14-24(16)34-5/h6-12,16-17,24H,13-15H2,1-5H3,(H,28,32)/t16-,17+,24-/m0/s1. The third-order valence-electron chi connectivity index (χ3n) is 6.22. The topological polar surface area (TPSA) is 88.2 Å². The van der Waals surface area contributed by atoms with Crippen LogP contribution in [0.5, 0.6) is 5.75 Å². The van der Waals surface area contributed by atoms with Gasteiger partial charge in [-0.15, -0.1) is 0 Å². The Morgan fingerprint density at radius 1 is 1.11 bits per heavy atom. The fraction of sp³-hybridized carbons (Fsp3) is 0.423. The summed E-state index contributed by atoms with van der Waals surface area (Å²) in [7, 11) is 3.28. The predicted molar refractivity (Wildman–Crippen MR) is 130 cm³/mol. The van der Waals surface area contributed by atoms with Crippen molar-refractivity contribution in [2.75, 3.05) is 39.2 Å². The molecule has 0 saturated heterocycles. The molecule has 188 valence electrons. The van der Waals surface area contributed by atoms with Crippen molar-refractivity contribution in [3.63, 3.8) is 0 Å². The molecule has 0 aromatic heterocycles. The first-order chi connectivity index (χ1) is 16.6. The van der Waals surface area contributed by atoms with Gasteiger partial charge in [0.05, 0.1) is 17.7 Å². The third kappa shape index (κ3) is 6.36. The lowest BCUT2D eigenvalue weighted by molar-refractivity contribution is -0.133. The minimum atomic E-state index is -0.434. The SMILES string of the molecule is CO[C@H]1CN(C)C(=O)c2ccc(NC(=O)c3ccc(F)cc3)cc2OC[C@@H](C)N(C(C)=O)C[C@@H]1C. The van der Waals surface area contributed by atoms with Gasteiger partial charge in [-0.1, -0.05) is 6.92 Å². The molecule has 0 saturated carbocycles. The number of rotatable bonds is 3. The van der Waals surface area contributed by atoms with Gasteiger partial charge in [-0.05, 0) is 43.3 Å². The Labute approximate surface area is 205 Å². The quantitative estimate of drug-likeness (QED) is 0.720. The van der Waals surface area contributed by atoms with Gasteiger partial charge in [0.2, 0.25) is 5.91 Å². The smallest absolute Gasteiger partial charge is 0.257 e. The molecular weight excluding hydrogens is 453 g/mol. The molecule has 0 aliphatic carbocycles. The minimum absolute atomic E-state index is 0.00968. The summed E-state index contributed by atoms with van der Waals surface area (Å²) in [6, 6.07) is 9.72. The molecule has 1 aliphatic heterocycles. The second kappa shape index (κ2) is 11.3. The van der Waals surface area contributed by atoms with E-state index in [0.29, 0.717) is 29.9 Å². The van der Waals surface area contributed by atoms with Crippen molar-refractivity contribution in [1.82, 2.24) is 9.80 Å². The number of methoxy groups -OCH3 is 1. The molecule has 3 amide bonds. The molecule has 3 atom stereocenters. The molecule has 0 unspecified atom stereocenters. The third-order valence-corrected chi connectivity index (χ3v) is 6.22. The zero-order valence-corrected chi connectivity index (χ0v) is 20.7. The molecule has 0 spiro atoms. The van der Waals surface area contributed by atoms with Crippen molar-refractivity contribution in [3.8, 4) is 5.75 Å². The highest BCUT2D eigenvalue weighted by atomic mass is 19.1. The molecular formula is C26H32FN3O5. The van der Waals surface area contributed by atoms with Crippen LogP contribution in [0.3, 0.4) is 0 Å². The molecule has 1 N–H and O–H groups in total. The molecule has 3 rings (SSSR count). The summed E-state index contributed by atoms with van der Waals surface area (Å²) in [6.45, 7) is 6.34. The lowest BCUT2D eigenvalue weighted by Gasteiger charge is -2.35. The molecule has 9 heteroatoms. The number of hydrogen-bond donors (Lipinski definition) is 1. The van der Waals surface area contributed by atoms with Crippen LogP contribution >= 0.6 is 0 Å². The second-order valence-electron chi connectivity index (χ2n) is 8.94. The van der Waals surface area contributed by atoms with E-state index in [-0.39, 0.29) is 42.2 Å². The molecule has 2 aromatic rings. The summed E-state index contributed by atoms with van der Waals surface area (Å²) in [5.41, 5.74) is 1.04. The summed E-state index contributed by atoms with van der Waals surface area (Å²) in [5, 5.41) is 2.75. The maximum Gasteiger partial charge on any atom is 0.257 e. The second-order valence-corrected chi connectivity index (χ2v) is 8.94. The van der Waals surface area contributed by atoms with Crippen molar-refractivity contribution in [3.05, 3.63) is 59.4 Å². The van der Waals surface area contributed by atoms with Crippen LogP contribution in [0.25, 0.3) is 0 Å². The highest BCUT2D eigenvalue weighted by molar-refractivity contribution is 6.05. The van der Waals surface area contributed by atoms with Gasteiger partial charge in [0.25, 0.3) is 11.8 Å². The Kier molecular flexibility index (Phi) is 8.45. The Bertz CT molecular complexity index is 1080. The molecule has 1 aliphatic rings. The summed E-state index contributed by atoms with van der Waals surface area (Å²) in [4.78, 5) is 41.5. The summed E-state index contributed by atoms with van der Waals surface area (Å²) in [6.07, 6.45) is -0.268. The number of fused-ring (bicyclic) bond motifs is 1. The van der Waals surface area contributed by atoms with E-state index in [0.717, 1.165) is 0 Å². The molecule has 8 nitrogen and oxygen atoms in total. The number of amides is 3. The Balaban J connectivity index is 1.93. The number of halogens is 1. The van der Waals surface area contributed by atoms with E-state index in [9.17, 15) is 18.8 Å². The predicted octanol–water partition coefficient (Wildman–Crippen LogP) is 3.43. The average molecular weight is 486 g/mol. The van der Waals surface area contributed by atoms with E-state index in [1.54, 1.807) is 42.2 Å². The minimum Gasteiger partial charge on any atom is -0.491 e. The van der Waals surface area contributed by atoms with Gasteiger partial charge in [-0.25, -0.2) is 4.39 Å². The Morgan fingerprint density at radius 2 is 1.80 bits per heavy atom. The van der Waals surface area contributed by atoms with Crippen molar-refractivity contribution < 1.29 is 28.2 Å². The van der Waals surface area contributed by atoms with Gasteiger partial charge >= 0.3 is 0 Å². The molecule has 1 heterocycles.